The van der Waals surface area contributed by atoms with Crippen molar-refractivity contribution in [1.82, 2.24) is 9.88 Å². The lowest BCUT2D eigenvalue weighted by molar-refractivity contribution is -0.154. The van der Waals surface area contributed by atoms with Crippen molar-refractivity contribution in [3.05, 3.63) is 36.7 Å². The van der Waals surface area contributed by atoms with Gasteiger partial charge in [0, 0.05) is 12.7 Å². The number of carbonyl (C=O) groups excluding carboxylic acids is 1. The molecule has 1 aliphatic rings. The zero-order valence-electron chi connectivity index (χ0n) is 11.4. The second-order valence-corrected chi connectivity index (χ2v) is 4.40. The minimum atomic E-state index is -1.09. The first-order valence-corrected chi connectivity index (χ1v) is 6.46. The van der Waals surface area contributed by atoms with Gasteiger partial charge in [-0.25, -0.2) is 9.78 Å². The molecule has 7 nitrogen and oxygen atoms in total. The first kappa shape index (κ1) is 15.0. The van der Waals surface area contributed by atoms with Crippen molar-refractivity contribution >= 4 is 11.9 Å². The predicted octanol–water partition coefficient (Wildman–Crippen LogP) is 0.572. The molecule has 0 radical (unpaired) electrons. The summed E-state index contributed by atoms with van der Waals surface area (Å²) in [4.78, 5) is 28.9. The van der Waals surface area contributed by atoms with Gasteiger partial charge in [0.25, 0.3) is 5.91 Å². The number of carboxylic acid groups (broad SMARTS) is 1. The molecular formula is C14H16N2O5. The van der Waals surface area contributed by atoms with Crippen LogP contribution in [0.4, 0.5) is 0 Å². The van der Waals surface area contributed by atoms with Gasteiger partial charge in [-0.1, -0.05) is 12.7 Å². The van der Waals surface area contributed by atoms with Crippen LogP contribution in [0.5, 0.6) is 5.75 Å². The molecule has 1 amide bonds. The highest BCUT2D eigenvalue weighted by molar-refractivity contribution is 5.95. The molecule has 1 unspecified atom stereocenters. The molecule has 1 atom stereocenters. The number of pyridine rings is 1. The monoisotopic (exact) mass is 292 g/mol. The third kappa shape index (κ3) is 3.57. The third-order valence-electron chi connectivity index (χ3n) is 2.96. The highest BCUT2D eigenvalue weighted by Gasteiger charge is 2.31. The van der Waals surface area contributed by atoms with Crippen molar-refractivity contribution in [2.24, 2.45) is 0 Å². The fraction of sp³-hybridized carbons (Fsp3) is 0.357. The van der Waals surface area contributed by atoms with Crippen LogP contribution in [0.25, 0.3) is 0 Å². The summed E-state index contributed by atoms with van der Waals surface area (Å²) in [6, 6.07) is 3.30. The Bertz CT molecular complexity index is 546. The van der Waals surface area contributed by atoms with Crippen molar-refractivity contribution < 1.29 is 24.2 Å². The number of nitrogens with zero attached hydrogens (tertiary/aromatic N) is 2. The van der Waals surface area contributed by atoms with E-state index >= 15 is 0 Å². The van der Waals surface area contributed by atoms with Crippen LogP contribution < -0.4 is 4.74 Å². The van der Waals surface area contributed by atoms with Crippen LogP contribution in [0.2, 0.25) is 0 Å². The average molecular weight is 292 g/mol. The third-order valence-corrected chi connectivity index (χ3v) is 2.96. The summed E-state index contributed by atoms with van der Waals surface area (Å²) in [5.74, 6) is -1.11. The molecule has 1 fully saturated rings. The molecule has 21 heavy (non-hydrogen) atoms. The summed E-state index contributed by atoms with van der Waals surface area (Å²) >= 11 is 0. The molecule has 0 bridgehead atoms. The maximum atomic E-state index is 12.5. The number of aromatic nitrogens is 1. The van der Waals surface area contributed by atoms with Crippen LogP contribution in [0.3, 0.4) is 0 Å². The highest BCUT2D eigenvalue weighted by atomic mass is 16.5. The molecule has 112 valence electrons. The van der Waals surface area contributed by atoms with E-state index in [9.17, 15) is 9.59 Å². The van der Waals surface area contributed by atoms with Crippen LogP contribution in [0.1, 0.15) is 10.5 Å². The minimum Gasteiger partial charge on any atom is -0.487 e. The van der Waals surface area contributed by atoms with E-state index < -0.39 is 12.1 Å². The average Bonchev–Trinajstić information content (AvgIpc) is 2.52. The van der Waals surface area contributed by atoms with Gasteiger partial charge in [0.05, 0.1) is 13.2 Å². The molecule has 1 aromatic rings. The summed E-state index contributed by atoms with van der Waals surface area (Å²) in [6.45, 7) is 4.29. The molecule has 7 heteroatoms. The van der Waals surface area contributed by atoms with E-state index in [2.05, 4.69) is 11.6 Å². The van der Waals surface area contributed by atoms with Crippen LogP contribution in [-0.2, 0) is 9.53 Å². The lowest BCUT2D eigenvalue weighted by atomic mass is 10.2. The predicted molar refractivity (Wildman–Crippen MR) is 73.2 cm³/mol. The largest absolute Gasteiger partial charge is 0.487 e. The second-order valence-electron chi connectivity index (χ2n) is 4.40. The van der Waals surface area contributed by atoms with Crippen molar-refractivity contribution in [2.45, 2.75) is 6.10 Å². The number of carbonyl (C=O) groups is 2. The van der Waals surface area contributed by atoms with E-state index in [0.717, 1.165) is 0 Å². The Balaban J connectivity index is 2.15. The van der Waals surface area contributed by atoms with Gasteiger partial charge in [-0.05, 0) is 12.1 Å². The highest BCUT2D eigenvalue weighted by Crippen LogP contribution is 2.19. The maximum absolute atomic E-state index is 12.5. The zero-order valence-corrected chi connectivity index (χ0v) is 11.4. The molecule has 0 aromatic carbocycles. The quantitative estimate of drug-likeness (QED) is 0.798. The molecule has 1 aliphatic heterocycles. The fourth-order valence-corrected chi connectivity index (χ4v) is 1.95. The molecule has 2 heterocycles. The Morgan fingerprint density at radius 3 is 3.14 bits per heavy atom. The van der Waals surface area contributed by atoms with Gasteiger partial charge in [0.1, 0.15) is 6.61 Å². The summed E-state index contributed by atoms with van der Waals surface area (Å²) in [5, 5.41) is 8.96. The Morgan fingerprint density at radius 1 is 1.62 bits per heavy atom. The topological polar surface area (TPSA) is 89.0 Å². The number of aliphatic carboxylic acids is 1. The van der Waals surface area contributed by atoms with Gasteiger partial charge in [0.2, 0.25) is 0 Å². The number of morpholine rings is 1. The molecule has 1 N–H and O–H groups in total. The molecular weight excluding hydrogens is 276 g/mol. The summed E-state index contributed by atoms with van der Waals surface area (Å²) in [6.07, 6.45) is 2.04. The smallest absolute Gasteiger partial charge is 0.334 e. The zero-order chi connectivity index (χ0) is 15.2. The number of hydrogen-bond acceptors (Lipinski definition) is 5. The normalized spacial score (nSPS) is 18.1. The minimum absolute atomic E-state index is 0.00829. The van der Waals surface area contributed by atoms with Crippen molar-refractivity contribution in [3.63, 3.8) is 0 Å². The van der Waals surface area contributed by atoms with E-state index in [1.165, 1.54) is 11.1 Å². The number of ether oxygens (including phenoxy) is 2. The van der Waals surface area contributed by atoms with Gasteiger partial charge in [-0.3, -0.25) is 4.79 Å². The summed E-state index contributed by atoms with van der Waals surface area (Å²) in [7, 11) is 0. The van der Waals surface area contributed by atoms with Crippen molar-refractivity contribution in [2.75, 3.05) is 26.3 Å². The number of carboxylic acids is 1. The standard InChI is InChI=1S/C14H16N2O5/c1-2-7-20-10-4-3-5-15-12(10)13(17)16-6-8-21-11(9-16)14(18)19/h2-5,11H,1,6-9H2,(H,18,19). The van der Waals surface area contributed by atoms with Gasteiger partial charge in [-0.2, -0.15) is 0 Å². The van der Waals surface area contributed by atoms with Crippen molar-refractivity contribution in [3.8, 4) is 5.75 Å². The van der Waals surface area contributed by atoms with Gasteiger partial charge in [0.15, 0.2) is 17.5 Å². The molecule has 0 saturated carbocycles. The first-order valence-electron chi connectivity index (χ1n) is 6.46. The van der Waals surface area contributed by atoms with Crippen LogP contribution in [0, 0.1) is 0 Å². The molecule has 0 aliphatic carbocycles. The fourth-order valence-electron chi connectivity index (χ4n) is 1.95. The lowest BCUT2D eigenvalue weighted by Crippen LogP contribution is -2.48. The summed E-state index contributed by atoms with van der Waals surface area (Å²) < 4.78 is 10.5. The second kappa shape index (κ2) is 6.85. The molecule has 0 spiro atoms. The van der Waals surface area contributed by atoms with Crippen LogP contribution in [0.15, 0.2) is 31.0 Å². The van der Waals surface area contributed by atoms with Crippen LogP contribution in [-0.4, -0.2) is 59.3 Å². The van der Waals surface area contributed by atoms with E-state index in [-0.39, 0.29) is 31.4 Å². The SMILES string of the molecule is C=CCOc1cccnc1C(=O)N1CCOC(C(=O)O)C1. The maximum Gasteiger partial charge on any atom is 0.334 e. The Kier molecular flexibility index (Phi) is 4.89. The molecule has 1 aromatic heterocycles. The van der Waals surface area contributed by atoms with E-state index in [0.29, 0.717) is 12.3 Å². The Morgan fingerprint density at radius 2 is 2.43 bits per heavy atom. The van der Waals surface area contributed by atoms with Gasteiger partial charge < -0.3 is 19.5 Å². The van der Waals surface area contributed by atoms with Crippen molar-refractivity contribution in [1.29, 1.82) is 0 Å². The lowest BCUT2D eigenvalue weighted by Gasteiger charge is -2.30. The van der Waals surface area contributed by atoms with E-state index in [1.54, 1.807) is 18.2 Å². The van der Waals surface area contributed by atoms with E-state index in [1.807, 2.05) is 0 Å². The van der Waals surface area contributed by atoms with Crippen LogP contribution >= 0.6 is 0 Å². The van der Waals surface area contributed by atoms with Gasteiger partial charge >= 0.3 is 5.97 Å². The Hall–Kier alpha value is -2.41. The van der Waals surface area contributed by atoms with E-state index in [4.69, 9.17) is 14.6 Å². The van der Waals surface area contributed by atoms with Gasteiger partial charge in [-0.15, -0.1) is 0 Å². The number of rotatable bonds is 5. The molecule has 2 rings (SSSR count). The number of hydrogen-bond donors (Lipinski definition) is 1. The first-order chi connectivity index (χ1) is 10.1. The number of amides is 1. The Labute approximate surface area is 121 Å². The molecule has 1 saturated heterocycles. The summed E-state index contributed by atoms with van der Waals surface area (Å²) in [5.41, 5.74) is 0.158.